The van der Waals surface area contributed by atoms with Gasteiger partial charge < -0.3 is 9.80 Å². The molecule has 0 radical (unpaired) electrons. The Hall–Kier alpha value is -2.96. The van der Waals surface area contributed by atoms with Crippen molar-refractivity contribution < 1.29 is 4.79 Å². The summed E-state index contributed by atoms with van der Waals surface area (Å²) in [6.07, 6.45) is 1.72. The van der Waals surface area contributed by atoms with Gasteiger partial charge in [-0.1, -0.05) is 29.8 Å². The first-order valence-electron chi connectivity index (χ1n) is 9.80. The highest BCUT2D eigenvalue weighted by molar-refractivity contribution is 7.21. The van der Waals surface area contributed by atoms with Gasteiger partial charge in [-0.2, -0.15) is 0 Å². The number of carbonyl (C=O) groups excluding carboxylic acids is 1. The Kier molecular flexibility index (Phi) is 5.11. The first-order valence-corrected chi connectivity index (χ1v) is 11.0. The topological polar surface area (TPSA) is 49.3 Å². The van der Waals surface area contributed by atoms with E-state index in [2.05, 4.69) is 16.0 Å². The van der Waals surface area contributed by atoms with Gasteiger partial charge in [0.1, 0.15) is 10.7 Å². The highest BCUT2D eigenvalue weighted by Crippen LogP contribution is 2.31. The maximum absolute atomic E-state index is 13.3. The molecule has 0 spiro atoms. The molecule has 0 N–H and O–H groups in total. The van der Waals surface area contributed by atoms with Crippen LogP contribution < -0.4 is 4.90 Å². The van der Waals surface area contributed by atoms with E-state index < -0.39 is 0 Å². The minimum Gasteiger partial charge on any atom is -0.368 e. The Balaban J connectivity index is 1.37. The quantitative estimate of drug-likeness (QED) is 0.456. The molecule has 4 aromatic rings. The summed E-state index contributed by atoms with van der Waals surface area (Å²) in [7, 11) is 0. The molecule has 2 aromatic carbocycles. The number of hydrogen-bond acceptors (Lipinski definition) is 5. The van der Waals surface area contributed by atoms with Gasteiger partial charge in [0.15, 0.2) is 0 Å². The number of pyridine rings is 1. The molecule has 0 bridgehead atoms. The van der Waals surface area contributed by atoms with Crippen molar-refractivity contribution in [1.29, 1.82) is 0 Å². The Morgan fingerprint density at radius 2 is 1.80 bits per heavy atom. The van der Waals surface area contributed by atoms with E-state index in [1.807, 2.05) is 59.5 Å². The van der Waals surface area contributed by atoms with Gasteiger partial charge in [-0.05, 0) is 42.5 Å². The lowest BCUT2D eigenvalue weighted by Crippen LogP contribution is -2.48. The lowest BCUT2D eigenvalue weighted by Gasteiger charge is -2.36. The van der Waals surface area contributed by atoms with Crippen LogP contribution in [0.5, 0.6) is 0 Å². The molecule has 0 aliphatic carbocycles. The first-order chi connectivity index (χ1) is 14.7. The van der Waals surface area contributed by atoms with Crippen LogP contribution in [0.15, 0.2) is 66.9 Å². The van der Waals surface area contributed by atoms with Crippen LogP contribution in [0.1, 0.15) is 10.4 Å². The summed E-state index contributed by atoms with van der Waals surface area (Å²) in [5.74, 6) is 0.00287. The van der Waals surface area contributed by atoms with Gasteiger partial charge in [0.05, 0.1) is 15.8 Å². The van der Waals surface area contributed by atoms with Crippen LogP contribution in [-0.2, 0) is 0 Å². The van der Waals surface area contributed by atoms with Crippen molar-refractivity contribution in [2.45, 2.75) is 0 Å². The number of aromatic nitrogens is 2. The summed E-state index contributed by atoms with van der Waals surface area (Å²) in [4.78, 5) is 26.7. The monoisotopic (exact) mass is 434 g/mol. The van der Waals surface area contributed by atoms with Crippen LogP contribution in [0.25, 0.3) is 20.9 Å². The normalized spacial score (nSPS) is 14.3. The van der Waals surface area contributed by atoms with Crippen LogP contribution >= 0.6 is 22.9 Å². The Morgan fingerprint density at radius 3 is 2.60 bits per heavy atom. The lowest BCUT2D eigenvalue weighted by molar-refractivity contribution is 0.0747. The zero-order chi connectivity index (χ0) is 20.5. The predicted molar refractivity (Wildman–Crippen MR) is 122 cm³/mol. The van der Waals surface area contributed by atoms with Crippen molar-refractivity contribution in [1.82, 2.24) is 14.9 Å². The molecule has 0 atom stereocenters. The molecule has 0 unspecified atom stereocenters. The number of carbonyl (C=O) groups is 1. The number of benzene rings is 2. The van der Waals surface area contributed by atoms with Gasteiger partial charge in [-0.25, -0.2) is 4.98 Å². The molecule has 1 fully saturated rings. The standard InChI is InChI=1S/C23H19ClN4OS/c24-16-5-3-6-17(15-16)27-11-13-28(14-12-27)23(29)18-7-4-10-25-21(18)22-26-19-8-1-2-9-20(19)30-22/h1-10,15H,11-14H2. The number of hydrogen-bond donors (Lipinski definition) is 0. The molecular weight excluding hydrogens is 416 g/mol. The molecule has 7 heteroatoms. The smallest absolute Gasteiger partial charge is 0.256 e. The van der Waals surface area contributed by atoms with Crippen molar-refractivity contribution in [3.05, 3.63) is 77.4 Å². The molecule has 0 saturated carbocycles. The van der Waals surface area contributed by atoms with Gasteiger partial charge in [0.25, 0.3) is 5.91 Å². The third kappa shape index (κ3) is 3.64. The van der Waals surface area contributed by atoms with Gasteiger partial charge in [0.2, 0.25) is 0 Å². The van der Waals surface area contributed by atoms with Gasteiger partial charge >= 0.3 is 0 Å². The molecular formula is C23H19ClN4OS. The van der Waals surface area contributed by atoms with E-state index in [9.17, 15) is 4.79 Å². The highest BCUT2D eigenvalue weighted by Gasteiger charge is 2.25. The van der Waals surface area contributed by atoms with Gasteiger partial charge in [0, 0.05) is 43.1 Å². The maximum Gasteiger partial charge on any atom is 0.256 e. The fourth-order valence-corrected chi connectivity index (χ4v) is 4.89. The Morgan fingerprint density at radius 1 is 0.967 bits per heavy atom. The summed E-state index contributed by atoms with van der Waals surface area (Å²) >= 11 is 7.69. The van der Waals surface area contributed by atoms with E-state index in [1.165, 1.54) is 0 Å². The zero-order valence-corrected chi connectivity index (χ0v) is 17.7. The van der Waals surface area contributed by atoms with Crippen LogP contribution in [-0.4, -0.2) is 47.0 Å². The minimum absolute atomic E-state index is 0.00287. The van der Waals surface area contributed by atoms with Crippen molar-refractivity contribution in [2.24, 2.45) is 0 Å². The number of amides is 1. The second kappa shape index (κ2) is 8.05. The van der Waals surface area contributed by atoms with E-state index >= 15 is 0 Å². The van der Waals surface area contributed by atoms with Crippen LogP contribution in [0, 0.1) is 0 Å². The summed E-state index contributed by atoms with van der Waals surface area (Å²) in [6, 6.07) is 19.5. The average Bonchev–Trinajstić information content (AvgIpc) is 3.23. The molecule has 2 aromatic heterocycles. The van der Waals surface area contributed by atoms with Crippen LogP contribution in [0.4, 0.5) is 5.69 Å². The van der Waals surface area contributed by atoms with E-state index in [0.29, 0.717) is 24.3 Å². The largest absolute Gasteiger partial charge is 0.368 e. The van der Waals surface area contributed by atoms with Gasteiger partial charge in [-0.3, -0.25) is 9.78 Å². The van der Waals surface area contributed by atoms with Crippen molar-refractivity contribution in [3.63, 3.8) is 0 Å². The number of halogens is 1. The summed E-state index contributed by atoms with van der Waals surface area (Å²) in [5, 5.41) is 1.50. The molecule has 3 heterocycles. The number of rotatable bonds is 3. The molecule has 150 valence electrons. The molecule has 1 saturated heterocycles. The number of nitrogens with zero attached hydrogens (tertiary/aromatic N) is 4. The molecule has 1 aliphatic heterocycles. The molecule has 5 nitrogen and oxygen atoms in total. The molecule has 30 heavy (non-hydrogen) atoms. The summed E-state index contributed by atoms with van der Waals surface area (Å²) < 4.78 is 1.09. The van der Waals surface area contributed by atoms with Crippen LogP contribution in [0.3, 0.4) is 0 Å². The third-order valence-electron chi connectivity index (χ3n) is 5.27. The Bertz CT molecular complexity index is 1180. The number of piperazine rings is 1. The number of anilines is 1. The van der Waals surface area contributed by atoms with Crippen molar-refractivity contribution in [2.75, 3.05) is 31.1 Å². The first kappa shape index (κ1) is 19.0. The lowest BCUT2D eigenvalue weighted by atomic mass is 10.1. The second-order valence-corrected chi connectivity index (χ2v) is 8.61. The van der Waals surface area contributed by atoms with Crippen molar-refractivity contribution in [3.8, 4) is 10.7 Å². The highest BCUT2D eigenvalue weighted by atomic mass is 35.5. The SMILES string of the molecule is O=C(c1cccnc1-c1nc2ccccc2s1)N1CCN(c2cccc(Cl)c2)CC1. The fraction of sp³-hybridized carbons (Fsp3) is 0.174. The van der Waals surface area contributed by atoms with E-state index in [-0.39, 0.29) is 5.91 Å². The zero-order valence-electron chi connectivity index (χ0n) is 16.2. The average molecular weight is 435 g/mol. The molecule has 1 amide bonds. The number of fused-ring (bicyclic) bond motifs is 1. The fourth-order valence-electron chi connectivity index (χ4n) is 3.73. The minimum atomic E-state index is 0.00287. The second-order valence-electron chi connectivity index (χ2n) is 7.15. The Labute approximate surface area is 183 Å². The van der Waals surface area contributed by atoms with E-state index in [4.69, 9.17) is 16.6 Å². The van der Waals surface area contributed by atoms with E-state index in [0.717, 1.165) is 39.0 Å². The molecule has 5 rings (SSSR count). The number of thiazole rings is 1. The third-order valence-corrected chi connectivity index (χ3v) is 6.55. The predicted octanol–water partition coefficient (Wildman–Crippen LogP) is 4.97. The van der Waals surface area contributed by atoms with Gasteiger partial charge in [-0.15, -0.1) is 11.3 Å². The van der Waals surface area contributed by atoms with Crippen molar-refractivity contribution >= 4 is 44.7 Å². The van der Waals surface area contributed by atoms with Crippen LogP contribution in [0.2, 0.25) is 5.02 Å². The summed E-state index contributed by atoms with van der Waals surface area (Å²) in [6.45, 7) is 2.84. The number of para-hydroxylation sites is 1. The maximum atomic E-state index is 13.3. The summed E-state index contributed by atoms with van der Waals surface area (Å²) in [5.41, 5.74) is 3.27. The molecule has 1 aliphatic rings. The van der Waals surface area contributed by atoms with E-state index in [1.54, 1.807) is 17.5 Å².